The maximum atomic E-state index is 13.3. The van der Waals surface area contributed by atoms with Crippen LogP contribution < -0.4 is 10.6 Å². The molecule has 0 saturated carbocycles. The minimum absolute atomic E-state index is 0.0731. The Hall–Kier alpha value is -0.850. The van der Waals surface area contributed by atoms with Crippen molar-refractivity contribution in [3.8, 4) is 0 Å². The van der Waals surface area contributed by atoms with Crippen molar-refractivity contribution in [2.24, 2.45) is 0 Å². The van der Waals surface area contributed by atoms with Crippen molar-refractivity contribution in [1.29, 1.82) is 0 Å². The van der Waals surface area contributed by atoms with E-state index in [1.54, 1.807) is 12.1 Å². The highest BCUT2D eigenvalue weighted by atomic mass is 127. The van der Waals surface area contributed by atoms with Gasteiger partial charge >= 0.3 is 0 Å². The molecule has 1 aromatic rings. The molecule has 1 unspecified atom stereocenters. The summed E-state index contributed by atoms with van der Waals surface area (Å²) in [6.07, 6.45) is 2.00. The van der Waals surface area contributed by atoms with Gasteiger partial charge in [0.05, 0.1) is 15.8 Å². The van der Waals surface area contributed by atoms with E-state index < -0.39 is 0 Å². The van der Waals surface area contributed by atoms with Crippen molar-refractivity contribution in [3.05, 3.63) is 27.6 Å². The van der Waals surface area contributed by atoms with Crippen molar-refractivity contribution in [2.45, 2.75) is 32.7 Å². The van der Waals surface area contributed by atoms with E-state index in [0.717, 1.165) is 12.8 Å². The van der Waals surface area contributed by atoms with Crippen LogP contribution in [0.3, 0.4) is 0 Å². The number of carbonyl (C=O) groups excluding carboxylic acids is 1. The van der Waals surface area contributed by atoms with Gasteiger partial charge in [-0.1, -0.05) is 19.4 Å². The number of rotatable bonds is 6. The number of benzene rings is 1. The monoisotopic (exact) mass is 364 g/mol. The molecule has 100 valence electrons. The van der Waals surface area contributed by atoms with Gasteiger partial charge in [-0.25, -0.2) is 4.39 Å². The smallest absolute Gasteiger partial charge is 0.239 e. The lowest BCUT2D eigenvalue weighted by molar-refractivity contribution is -0.120. The molecule has 0 radical (unpaired) electrons. The molecule has 0 aliphatic rings. The van der Waals surface area contributed by atoms with Crippen LogP contribution in [0.15, 0.2) is 18.2 Å². The molecule has 1 aromatic carbocycles. The molecule has 2 N–H and O–H groups in total. The first-order valence-corrected chi connectivity index (χ1v) is 7.09. The molecule has 0 spiro atoms. The average molecular weight is 364 g/mol. The summed E-state index contributed by atoms with van der Waals surface area (Å²) in [5, 5.41) is 5.83. The molecule has 3 nitrogen and oxygen atoms in total. The van der Waals surface area contributed by atoms with Gasteiger partial charge < -0.3 is 10.6 Å². The van der Waals surface area contributed by atoms with Gasteiger partial charge in [0.1, 0.15) is 5.82 Å². The fourth-order valence-corrected chi connectivity index (χ4v) is 2.20. The van der Waals surface area contributed by atoms with Crippen LogP contribution in [0.4, 0.5) is 10.1 Å². The summed E-state index contributed by atoms with van der Waals surface area (Å²) in [6.45, 7) is 4.22. The first-order chi connectivity index (χ1) is 8.54. The summed E-state index contributed by atoms with van der Waals surface area (Å²) in [4.78, 5) is 11.6. The maximum Gasteiger partial charge on any atom is 0.239 e. The number of halogens is 2. The molecule has 0 aromatic heterocycles. The van der Waals surface area contributed by atoms with E-state index in [9.17, 15) is 9.18 Å². The Morgan fingerprint density at radius 2 is 2.22 bits per heavy atom. The predicted molar refractivity (Wildman–Crippen MR) is 80.1 cm³/mol. The van der Waals surface area contributed by atoms with Gasteiger partial charge in [-0.3, -0.25) is 4.79 Å². The quantitative estimate of drug-likeness (QED) is 0.762. The van der Waals surface area contributed by atoms with Crippen LogP contribution in [-0.4, -0.2) is 18.5 Å². The normalized spacial score (nSPS) is 12.0. The number of anilines is 1. The molecule has 0 saturated heterocycles. The van der Waals surface area contributed by atoms with E-state index in [2.05, 4.69) is 17.6 Å². The molecule has 1 atom stereocenters. The van der Waals surface area contributed by atoms with Crippen LogP contribution in [-0.2, 0) is 4.79 Å². The Morgan fingerprint density at radius 1 is 1.50 bits per heavy atom. The summed E-state index contributed by atoms with van der Waals surface area (Å²) in [5.74, 6) is -0.351. The van der Waals surface area contributed by atoms with Gasteiger partial charge in [0.2, 0.25) is 5.91 Å². The predicted octanol–water partition coefficient (Wildman–Crippen LogP) is 3.15. The Labute approximate surface area is 121 Å². The SMILES string of the molecule is CCCC(C)NC(=O)CNc1cccc(F)c1I. The van der Waals surface area contributed by atoms with Crippen LogP contribution in [0.5, 0.6) is 0 Å². The molecule has 0 aliphatic heterocycles. The van der Waals surface area contributed by atoms with E-state index >= 15 is 0 Å². The van der Waals surface area contributed by atoms with Crippen molar-refractivity contribution >= 4 is 34.2 Å². The third-order valence-electron chi connectivity index (χ3n) is 2.52. The maximum absolute atomic E-state index is 13.3. The second-order valence-electron chi connectivity index (χ2n) is 4.21. The Balaban J connectivity index is 2.45. The van der Waals surface area contributed by atoms with Crippen LogP contribution in [0.2, 0.25) is 0 Å². The van der Waals surface area contributed by atoms with Gasteiger partial charge in [0.15, 0.2) is 0 Å². The Kier molecular flexibility index (Phi) is 6.38. The standard InChI is InChI=1S/C13H18FIN2O/c1-3-5-9(2)17-12(18)8-16-11-7-4-6-10(14)13(11)15/h4,6-7,9,16H,3,5,8H2,1-2H3,(H,17,18). The van der Waals surface area contributed by atoms with Crippen molar-refractivity contribution in [3.63, 3.8) is 0 Å². The third kappa shape index (κ3) is 4.80. The molecule has 0 fully saturated rings. The Bertz CT molecular complexity index is 412. The Morgan fingerprint density at radius 3 is 2.89 bits per heavy atom. The second kappa shape index (κ2) is 7.56. The highest BCUT2D eigenvalue weighted by molar-refractivity contribution is 14.1. The minimum atomic E-state index is -0.277. The molecule has 0 bridgehead atoms. The lowest BCUT2D eigenvalue weighted by Crippen LogP contribution is -2.36. The van der Waals surface area contributed by atoms with Crippen LogP contribution in [0, 0.1) is 9.39 Å². The fraction of sp³-hybridized carbons (Fsp3) is 0.462. The molecule has 18 heavy (non-hydrogen) atoms. The summed E-state index contributed by atoms with van der Waals surface area (Å²) in [5.41, 5.74) is 0.647. The summed E-state index contributed by atoms with van der Waals surface area (Å²) < 4.78 is 13.8. The minimum Gasteiger partial charge on any atom is -0.375 e. The van der Waals surface area contributed by atoms with E-state index in [0.29, 0.717) is 9.26 Å². The zero-order chi connectivity index (χ0) is 13.5. The van der Waals surface area contributed by atoms with E-state index in [1.807, 2.05) is 29.5 Å². The summed E-state index contributed by atoms with van der Waals surface area (Å²) in [6, 6.07) is 4.96. The van der Waals surface area contributed by atoms with Gasteiger partial charge in [0.25, 0.3) is 0 Å². The molecule has 1 rings (SSSR count). The largest absolute Gasteiger partial charge is 0.375 e. The van der Waals surface area contributed by atoms with Crippen LogP contribution >= 0.6 is 22.6 Å². The van der Waals surface area contributed by atoms with Crippen LogP contribution in [0.25, 0.3) is 0 Å². The zero-order valence-electron chi connectivity index (χ0n) is 10.6. The molecular weight excluding hydrogens is 346 g/mol. The lowest BCUT2D eigenvalue weighted by atomic mass is 10.2. The van der Waals surface area contributed by atoms with E-state index in [-0.39, 0.29) is 24.3 Å². The number of nitrogens with one attached hydrogen (secondary N) is 2. The topological polar surface area (TPSA) is 41.1 Å². The van der Waals surface area contributed by atoms with Gasteiger partial charge in [-0.2, -0.15) is 0 Å². The van der Waals surface area contributed by atoms with Crippen molar-refractivity contribution in [2.75, 3.05) is 11.9 Å². The van der Waals surface area contributed by atoms with Crippen molar-refractivity contribution in [1.82, 2.24) is 5.32 Å². The molecular formula is C13H18FIN2O. The number of hydrogen-bond donors (Lipinski definition) is 2. The van der Waals surface area contributed by atoms with E-state index in [1.165, 1.54) is 6.07 Å². The molecule has 5 heteroatoms. The number of hydrogen-bond acceptors (Lipinski definition) is 2. The van der Waals surface area contributed by atoms with Gasteiger partial charge in [0, 0.05) is 6.04 Å². The average Bonchev–Trinajstić information content (AvgIpc) is 2.31. The van der Waals surface area contributed by atoms with E-state index in [4.69, 9.17) is 0 Å². The highest BCUT2D eigenvalue weighted by Gasteiger charge is 2.08. The molecule has 0 aliphatic carbocycles. The summed E-state index contributed by atoms with van der Waals surface area (Å²) >= 11 is 1.92. The zero-order valence-corrected chi connectivity index (χ0v) is 12.8. The number of amides is 1. The van der Waals surface area contributed by atoms with Crippen molar-refractivity contribution < 1.29 is 9.18 Å². The third-order valence-corrected chi connectivity index (χ3v) is 3.62. The van der Waals surface area contributed by atoms with Gasteiger partial charge in [-0.05, 0) is 48.1 Å². The first kappa shape index (κ1) is 15.2. The number of carbonyl (C=O) groups is 1. The molecule has 0 heterocycles. The van der Waals surface area contributed by atoms with Gasteiger partial charge in [-0.15, -0.1) is 0 Å². The first-order valence-electron chi connectivity index (χ1n) is 6.01. The highest BCUT2D eigenvalue weighted by Crippen LogP contribution is 2.20. The second-order valence-corrected chi connectivity index (χ2v) is 5.29. The molecule has 1 amide bonds. The fourth-order valence-electron chi connectivity index (χ4n) is 1.65. The lowest BCUT2D eigenvalue weighted by Gasteiger charge is -2.14. The summed E-state index contributed by atoms with van der Waals surface area (Å²) in [7, 11) is 0. The van der Waals surface area contributed by atoms with Crippen LogP contribution in [0.1, 0.15) is 26.7 Å².